The Morgan fingerprint density at radius 3 is 2.50 bits per heavy atom. The predicted molar refractivity (Wildman–Crippen MR) is 93.9 cm³/mol. The van der Waals surface area contributed by atoms with Crippen molar-refractivity contribution in [2.24, 2.45) is 5.92 Å². The molecule has 1 aromatic heterocycles. The van der Waals surface area contributed by atoms with E-state index in [1.54, 1.807) is 0 Å². The van der Waals surface area contributed by atoms with E-state index in [1.807, 2.05) is 19.1 Å². The van der Waals surface area contributed by atoms with Gasteiger partial charge in [0.15, 0.2) is 0 Å². The van der Waals surface area contributed by atoms with Crippen LogP contribution in [0.4, 0.5) is 0 Å². The van der Waals surface area contributed by atoms with Crippen LogP contribution in [0.2, 0.25) is 0 Å². The van der Waals surface area contributed by atoms with E-state index in [-0.39, 0.29) is 12.0 Å². The highest BCUT2D eigenvalue weighted by atomic mass is 16.4. The average molecular weight is 324 g/mol. The Kier molecular flexibility index (Phi) is 4.95. The van der Waals surface area contributed by atoms with Crippen molar-refractivity contribution in [1.82, 2.24) is 9.88 Å². The summed E-state index contributed by atoms with van der Waals surface area (Å²) >= 11 is 0. The number of hydrogen-bond donors (Lipinski definition) is 1. The highest BCUT2D eigenvalue weighted by Crippen LogP contribution is 2.32. The first-order chi connectivity index (χ1) is 11.5. The summed E-state index contributed by atoms with van der Waals surface area (Å²) in [6.45, 7) is 5.67. The fraction of sp³-hybridized carbons (Fsp3) is 0.400. The smallest absolute Gasteiger partial charge is 0.306 e. The number of aryl methyl sites for hydroxylation is 2. The molecule has 4 heteroatoms. The molecule has 1 aromatic carbocycles. The quantitative estimate of drug-likeness (QED) is 0.934. The molecule has 126 valence electrons. The Balaban J connectivity index is 1.93. The molecule has 3 rings (SSSR count). The number of piperidine rings is 1. The van der Waals surface area contributed by atoms with Crippen LogP contribution in [-0.4, -0.2) is 34.0 Å². The van der Waals surface area contributed by atoms with Crippen LogP contribution in [0, 0.1) is 19.8 Å². The summed E-state index contributed by atoms with van der Waals surface area (Å²) < 4.78 is 0. The first-order valence-corrected chi connectivity index (χ1v) is 8.51. The number of carboxylic acid groups (broad SMARTS) is 1. The minimum Gasteiger partial charge on any atom is -0.481 e. The zero-order chi connectivity index (χ0) is 17.1. The predicted octanol–water partition coefficient (Wildman–Crippen LogP) is 3.58. The summed E-state index contributed by atoms with van der Waals surface area (Å²) in [5.74, 6) is -0.889. The number of hydrogen-bond acceptors (Lipinski definition) is 3. The summed E-state index contributed by atoms with van der Waals surface area (Å²) in [7, 11) is 0. The molecule has 0 saturated carbocycles. The van der Waals surface area contributed by atoms with E-state index in [9.17, 15) is 9.90 Å². The first kappa shape index (κ1) is 16.7. The largest absolute Gasteiger partial charge is 0.481 e. The fourth-order valence-corrected chi connectivity index (χ4v) is 3.53. The highest BCUT2D eigenvalue weighted by molar-refractivity contribution is 5.70. The number of aliphatic carboxylic acids is 1. The number of carboxylic acids is 1. The molecule has 1 aliphatic rings. The van der Waals surface area contributed by atoms with Gasteiger partial charge in [-0.3, -0.25) is 14.7 Å². The molecule has 0 radical (unpaired) electrons. The topological polar surface area (TPSA) is 53.4 Å². The molecule has 24 heavy (non-hydrogen) atoms. The third kappa shape index (κ3) is 3.65. The molecule has 0 bridgehead atoms. The highest BCUT2D eigenvalue weighted by Gasteiger charge is 2.30. The maximum Gasteiger partial charge on any atom is 0.306 e. The maximum absolute atomic E-state index is 11.2. The van der Waals surface area contributed by atoms with Gasteiger partial charge in [0, 0.05) is 5.69 Å². The average Bonchev–Trinajstić information content (AvgIpc) is 2.56. The second kappa shape index (κ2) is 7.14. The Hall–Kier alpha value is -2.20. The fourth-order valence-electron chi connectivity index (χ4n) is 3.53. The molecule has 0 aliphatic carbocycles. The molecule has 1 N–H and O–H groups in total. The van der Waals surface area contributed by atoms with Crippen LogP contribution in [0.3, 0.4) is 0 Å². The zero-order valence-corrected chi connectivity index (χ0v) is 14.3. The first-order valence-electron chi connectivity index (χ1n) is 8.51. The van der Waals surface area contributed by atoms with Crippen molar-refractivity contribution < 1.29 is 9.90 Å². The minimum atomic E-state index is -0.671. The van der Waals surface area contributed by atoms with Crippen LogP contribution < -0.4 is 0 Å². The van der Waals surface area contributed by atoms with E-state index in [0.29, 0.717) is 12.8 Å². The zero-order valence-electron chi connectivity index (χ0n) is 14.3. The number of pyridine rings is 1. The summed E-state index contributed by atoms with van der Waals surface area (Å²) in [5, 5.41) is 9.24. The molecule has 4 nitrogen and oxygen atoms in total. The molecular weight excluding hydrogens is 300 g/mol. The molecule has 1 fully saturated rings. The van der Waals surface area contributed by atoms with Gasteiger partial charge in [-0.1, -0.05) is 35.9 Å². The van der Waals surface area contributed by atoms with Gasteiger partial charge in [0.25, 0.3) is 0 Å². The van der Waals surface area contributed by atoms with Crippen LogP contribution in [-0.2, 0) is 4.79 Å². The maximum atomic E-state index is 11.2. The molecule has 1 unspecified atom stereocenters. The lowest BCUT2D eigenvalue weighted by Crippen LogP contribution is -2.39. The molecule has 1 saturated heterocycles. The Labute approximate surface area is 143 Å². The van der Waals surface area contributed by atoms with Gasteiger partial charge in [0.2, 0.25) is 0 Å². The molecule has 0 spiro atoms. The van der Waals surface area contributed by atoms with E-state index in [1.165, 1.54) is 11.1 Å². The van der Waals surface area contributed by atoms with E-state index < -0.39 is 5.97 Å². The second-order valence-electron chi connectivity index (χ2n) is 6.67. The number of benzene rings is 1. The van der Waals surface area contributed by atoms with Crippen molar-refractivity contribution in [3.63, 3.8) is 0 Å². The number of likely N-dealkylation sites (tertiary alicyclic amines) is 1. The van der Waals surface area contributed by atoms with E-state index in [2.05, 4.69) is 42.2 Å². The number of nitrogens with zero attached hydrogens (tertiary/aromatic N) is 2. The SMILES string of the molecule is Cc1cccc(C(c2cccc(C)n2)N2CCC(C(=O)O)CC2)c1. The number of aromatic nitrogens is 1. The standard InChI is InChI=1S/C20H24N2O2/c1-14-5-3-7-17(13-14)19(18-8-4-6-15(2)21-18)22-11-9-16(10-12-22)20(23)24/h3-8,13,16,19H,9-12H2,1-2H3,(H,23,24). The molecular formula is C20H24N2O2. The molecule has 1 atom stereocenters. The number of rotatable bonds is 4. The van der Waals surface area contributed by atoms with Crippen molar-refractivity contribution in [3.8, 4) is 0 Å². The van der Waals surface area contributed by atoms with Crippen molar-refractivity contribution in [1.29, 1.82) is 0 Å². The lowest BCUT2D eigenvalue weighted by Gasteiger charge is -2.36. The van der Waals surface area contributed by atoms with Gasteiger partial charge in [-0.05, 0) is 57.5 Å². The Bertz CT molecular complexity index is 676. The van der Waals surface area contributed by atoms with Crippen LogP contribution >= 0.6 is 0 Å². The summed E-state index contributed by atoms with van der Waals surface area (Å²) in [6, 6.07) is 14.7. The van der Waals surface area contributed by atoms with Crippen molar-refractivity contribution in [2.75, 3.05) is 13.1 Å². The Morgan fingerprint density at radius 2 is 1.88 bits per heavy atom. The van der Waals surface area contributed by atoms with Gasteiger partial charge in [-0.25, -0.2) is 0 Å². The third-order valence-corrected chi connectivity index (χ3v) is 4.79. The van der Waals surface area contributed by atoms with Crippen LogP contribution in [0.5, 0.6) is 0 Å². The Morgan fingerprint density at radius 1 is 1.17 bits per heavy atom. The van der Waals surface area contributed by atoms with E-state index in [4.69, 9.17) is 4.98 Å². The lowest BCUT2D eigenvalue weighted by atomic mass is 9.92. The summed E-state index contributed by atoms with van der Waals surface area (Å²) in [4.78, 5) is 18.4. The molecule has 2 aromatic rings. The normalized spacial score (nSPS) is 17.6. The molecule has 2 heterocycles. The summed E-state index contributed by atoms with van der Waals surface area (Å²) in [5.41, 5.74) is 4.49. The lowest BCUT2D eigenvalue weighted by molar-refractivity contribution is -0.143. The second-order valence-corrected chi connectivity index (χ2v) is 6.67. The van der Waals surface area contributed by atoms with Crippen LogP contribution in [0.1, 0.15) is 41.4 Å². The van der Waals surface area contributed by atoms with Gasteiger partial charge in [-0.15, -0.1) is 0 Å². The monoisotopic (exact) mass is 324 g/mol. The van der Waals surface area contributed by atoms with Crippen molar-refractivity contribution in [2.45, 2.75) is 32.7 Å². The van der Waals surface area contributed by atoms with Gasteiger partial charge in [0.1, 0.15) is 0 Å². The van der Waals surface area contributed by atoms with E-state index >= 15 is 0 Å². The third-order valence-electron chi connectivity index (χ3n) is 4.79. The number of carbonyl (C=O) groups is 1. The minimum absolute atomic E-state index is 0.0829. The molecule has 1 aliphatic heterocycles. The van der Waals surface area contributed by atoms with Crippen molar-refractivity contribution in [3.05, 3.63) is 65.0 Å². The summed E-state index contributed by atoms with van der Waals surface area (Å²) in [6.07, 6.45) is 1.40. The van der Waals surface area contributed by atoms with Crippen LogP contribution in [0.25, 0.3) is 0 Å². The van der Waals surface area contributed by atoms with Gasteiger partial charge >= 0.3 is 5.97 Å². The van der Waals surface area contributed by atoms with E-state index in [0.717, 1.165) is 24.5 Å². The van der Waals surface area contributed by atoms with Gasteiger partial charge in [0.05, 0.1) is 17.7 Å². The van der Waals surface area contributed by atoms with Gasteiger partial charge in [-0.2, -0.15) is 0 Å². The van der Waals surface area contributed by atoms with Crippen molar-refractivity contribution >= 4 is 5.97 Å². The molecule has 0 amide bonds. The van der Waals surface area contributed by atoms with Crippen LogP contribution in [0.15, 0.2) is 42.5 Å². The van der Waals surface area contributed by atoms with Gasteiger partial charge < -0.3 is 5.11 Å².